The average Bonchev–Trinajstić information content (AvgIpc) is 2.64. The minimum atomic E-state index is 0.575. The standard InChI is InChI=1S/C14H21ClN2/c1-11(2)16-14-6-7-17(10-14)9-12-4-3-5-13(15)8-12/h3-5,8,11,14,16H,6-7,9-10H2,1-2H3/t14-/m0/s1. The van der Waals surface area contributed by atoms with Gasteiger partial charge in [-0.2, -0.15) is 0 Å². The highest BCUT2D eigenvalue weighted by atomic mass is 35.5. The van der Waals surface area contributed by atoms with E-state index in [9.17, 15) is 0 Å². The summed E-state index contributed by atoms with van der Waals surface area (Å²) < 4.78 is 0. The Morgan fingerprint density at radius 3 is 3.00 bits per heavy atom. The highest BCUT2D eigenvalue weighted by Gasteiger charge is 2.22. The summed E-state index contributed by atoms with van der Waals surface area (Å²) in [6.45, 7) is 7.75. The van der Waals surface area contributed by atoms with Gasteiger partial charge < -0.3 is 5.32 Å². The van der Waals surface area contributed by atoms with Crippen molar-refractivity contribution in [1.29, 1.82) is 0 Å². The van der Waals surface area contributed by atoms with Crippen molar-refractivity contribution in [2.45, 2.75) is 38.9 Å². The Kier molecular flexibility index (Phi) is 4.43. The molecular formula is C14H21ClN2. The molecule has 1 atom stereocenters. The van der Waals surface area contributed by atoms with Crippen LogP contribution in [-0.2, 0) is 6.54 Å². The molecule has 94 valence electrons. The van der Waals surface area contributed by atoms with E-state index < -0.39 is 0 Å². The number of rotatable bonds is 4. The fraction of sp³-hybridized carbons (Fsp3) is 0.571. The van der Waals surface area contributed by atoms with Gasteiger partial charge in [-0.15, -0.1) is 0 Å². The molecular weight excluding hydrogens is 232 g/mol. The van der Waals surface area contributed by atoms with Crippen LogP contribution in [0.4, 0.5) is 0 Å². The highest BCUT2D eigenvalue weighted by Crippen LogP contribution is 2.16. The summed E-state index contributed by atoms with van der Waals surface area (Å²) in [5, 5.41) is 4.43. The van der Waals surface area contributed by atoms with Gasteiger partial charge in [-0.1, -0.05) is 37.6 Å². The van der Waals surface area contributed by atoms with E-state index in [1.165, 1.54) is 18.5 Å². The molecule has 0 amide bonds. The van der Waals surface area contributed by atoms with E-state index >= 15 is 0 Å². The summed E-state index contributed by atoms with van der Waals surface area (Å²) in [5.74, 6) is 0. The number of halogens is 1. The van der Waals surface area contributed by atoms with Gasteiger partial charge in [0, 0.05) is 36.7 Å². The van der Waals surface area contributed by atoms with Crippen LogP contribution in [-0.4, -0.2) is 30.1 Å². The van der Waals surface area contributed by atoms with Crippen molar-refractivity contribution in [2.75, 3.05) is 13.1 Å². The van der Waals surface area contributed by atoms with Crippen molar-refractivity contribution in [3.05, 3.63) is 34.9 Å². The highest BCUT2D eigenvalue weighted by molar-refractivity contribution is 6.30. The largest absolute Gasteiger partial charge is 0.310 e. The predicted octanol–water partition coefficient (Wildman–Crippen LogP) is 2.91. The van der Waals surface area contributed by atoms with E-state index in [1.807, 2.05) is 12.1 Å². The van der Waals surface area contributed by atoms with Crippen molar-refractivity contribution in [2.24, 2.45) is 0 Å². The van der Waals surface area contributed by atoms with E-state index in [1.54, 1.807) is 0 Å². The van der Waals surface area contributed by atoms with Crippen LogP contribution < -0.4 is 5.32 Å². The van der Waals surface area contributed by atoms with E-state index in [4.69, 9.17) is 11.6 Å². The minimum Gasteiger partial charge on any atom is -0.310 e. The summed E-state index contributed by atoms with van der Waals surface area (Å²) in [5.41, 5.74) is 1.31. The van der Waals surface area contributed by atoms with Crippen LogP contribution in [0, 0.1) is 0 Å². The Labute approximate surface area is 109 Å². The van der Waals surface area contributed by atoms with Crippen LogP contribution in [0.15, 0.2) is 24.3 Å². The normalized spacial score (nSPS) is 21.3. The molecule has 1 aromatic carbocycles. The van der Waals surface area contributed by atoms with Crippen molar-refractivity contribution < 1.29 is 0 Å². The molecule has 0 unspecified atom stereocenters. The monoisotopic (exact) mass is 252 g/mol. The minimum absolute atomic E-state index is 0.575. The van der Waals surface area contributed by atoms with Gasteiger partial charge in [-0.3, -0.25) is 4.90 Å². The van der Waals surface area contributed by atoms with Gasteiger partial charge in [0.25, 0.3) is 0 Å². The first-order valence-corrected chi connectivity index (χ1v) is 6.74. The van der Waals surface area contributed by atoms with Gasteiger partial charge in [0.2, 0.25) is 0 Å². The van der Waals surface area contributed by atoms with Crippen LogP contribution in [0.2, 0.25) is 5.02 Å². The van der Waals surface area contributed by atoms with E-state index in [-0.39, 0.29) is 0 Å². The summed E-state index contributed by atoms with van der Waals surface area (Å²) in [7, 11) is 0. The van der Waals surface area contributed by atoms with E-state index in [2.05, 4.69) is 36.2 Å². The summed E-state index contributed by atoms with van der Waals surface area (Å²) in [4.78, 5) is 2.49. The van der Waals surface area contributed by atoms with E-state index in [0.717, 1.165) is 18.1 Å². The van der Waals surface area contributed by atoms with Crippen molar-refractivity contribution in [3.8, 4) is 0 Å². The third-order valence-corrected chi connectivity index (χ3v) is 3.37. The molecule has 1 aliphatic heterocycles. The summed E-state index contributed by atoms with van der Waals surface area (Å²) >= 11 is 6.00. The van der Waals surface area contributed by atoms with Gasteiger partial charge in [0.1, 0.15) is 0 Å². The molecule has 17 heavy (non-hydrogen) atoms. The number of hydrogen-bond donors (Lipinski definition) is 1. The fourth-order valence-electron chi connectivity index (χ4n) is 2.48. The summed E-state index contributed by atoms with van der Waals surface area (Å²) in [6.07, 6.45) is 1.25. The Bertz CT molecular complexity index is 365. The smallest absolute Gasteiger partial charge is 0.0409 e. The maximum atomic E-state index is 6.00. The van der Waals surface area contributed by atoms with Crippen molar-refractivity contribution in [1.82, 2.24) is 10.2 Å². The number of likely N-dealkylation sites (tertiary alicyclic amines) is 1. The SMILES string of the molecule is CC(C)N[C@H]1CCN(Cc2cccc(Cl)c2)C1. The lowest BCUT2D eigenvalue weighted by atomic mass is 10.2. The maximum Gasteiger partial charge on any atom is 0.0409 e. The molecule has 0 spiro atoms. The summed E-state index contributed by atoms with van der Waals surface area (Å²) in [6, 6.07) is 9.38. The molecule has 1 N–H and O–H groups in total. The molecule has 3 heteroatoms. The quantitative estimate of drug-likeness (QED) is 0.887. The molecule has 1 aromatic rings. The lowest BCUT2D eigenvalue weighted by Crippen LogP contribution is -2.36. The maximum absolute atomic E-state index is 6.00. The first kappa shape index (κ1) is 12.9. The molecule has 0 radical (unpaired) electrons. The number of nitrogens with one attached hydrogen (secondary N) is 1. The zero-order chi connectivity index (χ0) is 12.3. The second-order valence-electron chi connectivity index (χ2n) is 5.17. The fourth-order valence-corrected chi connectivity index (χ4v) is 2.69. The molecule has 1 saturated heterocycles. The first-order valence-electron chi connectivity index (χ1n) is 6.36. The lowest BCUT2D eigenvalue weighted by molar-refractivity contribution is 0.317. The zero-order valence-corrected chi connectivity index (χ0v) is 11.4. The lowest BCUT2D eigenvalue weighted by Gasteiger charge is -2.18. The van der Waals surface area contributed by atoms with Gasteiger partial charge in [-0.25, -0.2) is 0 Å². The molecule has 0 bridgehead atoms. The van der Waals surface area contributed by atoms with Crippen LogP contribution in [0.25, 0.3) is 0 Å². The molecule has 0 saturated carbocycles. The van der Waals surface area contributed by atoms with Gasteiger partial charge in [0.15, 0.2) is 0 Å². The van der Waals surface area contributed by atoms with Gasteiger partial charge in [0.05, 0.1) is 0 Å². The van der Waals surface area contributed by atoms with E-state index in [0.29, 0.717) is 12.1 Å². The van der Waals surface area contributed by atoms with Crippen molar-refractivity contribution >= 4 is 11.6 Å². The molecule has 2 rings (SSSR count). The molecule has 0 aliphatic carbocycles. The molecule has 0 aromatic heterocycles. The number of benzene rings is 1. The second kappa shape index (κ2) is 5.85. The van der Waals surface area contributed by atoms with Crippen molar-refractivity contribution in [3.63, 3.8) is 0 Å². The van der Waals surface area contributed by atoms with Crippen LogP contribution in [0.3, 0.4) is 0 Å². The first-order chi connectivity index (χ1) is 8.13. The molecule has 1 aliphatic rings. The van der Waals surface area contributed by atoms with Crippen LogP contribution >= 0.6 is 11.6 Å². The Balaban J connectivity index is 1.85. The van der Waals surface area contributed by atoms with Gasteiger partial charge in [-0.05, 0) is 24.1 Å². The average molecular weight is 253 g/mol. The predicted molar refractivity (Wildman–Crippen MR) is 73.4 cm³/mol. The van der Waals surface area contributed by atoms with Gasteiger partial charge >= 0.3 is 0 Å². The van der Waals surface area contributed by atoms with Crippen LogP contribution in [0.1, 0.15) is 25.8 Å². The number of nitrogens with zero attached hydrogens (tertiary/aromatic N) is 1. The Morgan fingerprint density at radius 2 is 2.29 bits per heavy atom. The Hall–Kier alpha value is -0.570. The molecule has 1 fully saturated rings. The second-order valence-corrected chi connectivity index (χ2v) is 5.61. The molecule has 1 heterocycles. The number of hydrogen-bond acceptors (Lipinski definition) is 2. The molecule has 2 nitrogen and oxygen atoms in total. The van der Waals surface area contributed by atoms with Crippen LogP contribution in [0.5, 0.6) is 0 Å². The third-order valence-electron chi connectivity index (χ3n) is 3.14. The topological polar surface area (TPSA) is 15.3 Å². The Morgan fingerprint density at radius 1 is 1.47 bits per heavy atom. The third kappa shape index (κ3) is 3.98. The zero-order valence-electron chi connectivity index (χ0n) is 10.6.